The zero-order valence-electron chi connectivity index (χ0n) is 8.88. The number of hydrogen-bond acceptors (Lipinski definition) is 1. The van der Waals surface area contributed by atoms with Gasteiger partial charge in [-0.1, -0.05) is 34.8 Å². The molecule has 5 heteroatoms. The van der Waals surface area contributed by atoms with Gasteiger partial charge in [-0.25, -0.2) is 0 Å². The minimum atomic E-state index is -0.150. The molecule has 2 aromatic carbocycles. The number of carbonyl (C=O) groups is 1. The van der Waals surface area contributed by atoms with Gasteiger partial charge in [0.15, 0.2) is 5.78 Å². The van der Waals surface area contributed by atoms with Crippen molar-refractivity contribution >= 4 is 56.5 Å². The molecule has 0 amide bonds. The molecule has 0 atom stereocenters. The third kappa shape index (κ3) is 2.89. The van der Waals surface area contributed by atoms with Crippen LogP contribution in [0.3, 0.4) is 0 Å². The Bertz CT molecular complexity index is 572. The van der Waals surface area contributed by atoms with Crippen molar-refractivity contribution in [2.45, 2.75) is 0 Å². The highest BCUT2D eigenvalue weighted by molar-refractivity contribution is 9.10. The second-order valence-electron chi connectivity index (χ2n) is 3.59. The van der Waals surface area contributed by atoms with Crippen molar-refractivity contribution in [2.75, 3.05) is 0 Å². The van der Waals surface area contributed by atoms with Crippen molar-refractivity contribution < 1.29 is 4.79 Å². The van der Waals surface area contributed by atoms with Crippen LogP contribution in [0.1, 0.15) is 15.9 Å². The number of rotatable bonds is 2. The van der Waals surface area contributed by atoms with E-state index >= 15 is 0 Å². The standard InChI is InChI=1S/C13H6BrCl3O/c14-9-3-1-7(5-11(9)16)13(18)8-2-4-10(15)12(17)6-8/h1-6H. The third-order valence-electron chi connectivity index (χ3n) is 2.36. The SMILES string of the molecule is O=C(c1ccc(Cl)c(Cl)c1)c1ccc(Br)c(Cl)c1. The molecule has 0 saturated heterocycles. The van der Waals surface area contributed by atoms with E-state index in [9.17, 15) is 4.79 Å². The summed E-state index contributed by atoms with van der Waals surface area (Å²) in [5, 5.41) is 1.26. The fourth-order valence-electron chi connectivity index (χ4n) is 1.44. The van der Waals surface area contributed by atoms with E-state index in [2.05, 4.69) is 15.9 Å². The van der Waals surface area contributed by atoms with Crippen LogP contribution in [0.15, 0.2) is 40.9 Å². The van der Waals surface area contributed by atoms with E-state index in [0.29, 0.717) is 26.2 Å². The molecule has 0 aliphatic carbocycles. The van der Waals surface area contributed by atoms with Crippen molar-refractivity contribution in [1.82, 2.24) is 0 Å². The molecule has 0 aromatic heterocycles. The van der Waals surface area contributed by atoms with Crippen LogP contribution in [0.4, 0.5) is 0 Å². The second-order valence-corrected chi connectivity index (χ2v) is 5.66. The Hall–Kier alpha value is -0.540. The lowest BCUT2D eigenvalue weighted by atomic mass is 10.0. The van der Waals surface area contributed by atoms with Gasteiger partial charge in [-0.2, -0.15) is 0 Å². The van der Waals surface area contributed by atoms with Crippen LogP contribution in [0.5, 0.6) is 0 Å². The van der Waals surface area contributed by atoms with E-state index in [-0.39, 0.29) is 5.78 Å². The van der Waals surface area contributed by atoms with Crippen molar-refractivity contribution in [3.63, 3.8) is 0 Å². The fourth-order valence-corrected chi connectivity index (χ4v) is 2.17. The molecule has 0 radical (unpaired) electrons. The van der Waals surface area contributed by atoms with Crippen LogP contribution in [0.2, 0.25) is 15.1 Å². The molecule has 0 fully saturated rings. The predicted octanol–water partition coefficient (Wildman–Crippen LogP) is 5.64. The Morgan fingerprint density at radius 2 is 1.39 bits per heavy atom. The van der Waals surface area contributed by atoms with Crippen LogP contribution in [-0.2, 0) is 0 Å². The maximum absolute atomic E-state index is 12.2. The van der Waals surface area contributed by atoms with E-state index in [1.54, 1.807) is 36.4 Å². The molecule has 0 saturated carbocycles. The summed E-state index contributed by atoms with van der Waals surface area (Å²) >= 11 is 20.9. The zero-order chi connectivity index (χ0) is 13.3. The summed E-state index contributed by atoms with van der Waals surface area (Å²) in [6.45, 7) is 0. The smallest absolute Gasteiger partial charge is 0.193 e. The van der Waals surface area contributed by atoms with Gasteiger partial charge < -0.3 is 0 Å². The minimum absolute atomic E-state index is 0.150. The quantitative estimate of drug-likeness (QED) is 0.630. The summed E-state index contributed by atoms with van der Waals surface area (Å²) < 4.78 is 0.745. The number of carbonyl (C=O) groups excluding carboxylic acids is 1. The van der Waals surface area contributed by atoms with Crippen molar-refractivity contribution in [3.05, 3.63) is 67.1 Å². The highest BCUT2D eigenvalue weighted by Gasteiger charge is 2.12. The van der Waals surface area contributed by atoms with Gasteiger partial charge in [-0.3, -0.25) is 4.79 Å². The van der Waals surface area contributed by atoms with Crippen molar-refractivity contribution in [1.29, 1.82) is 0 Å². The van der Waals surface area contributed by atoms with Crippen molar-refractivity contribution in [2.24, 2.45) is 0 Å². The van der Waals surface area contributed by atoms with Gasteiger partial charge in [0.05, 0.1) is 15.1 Å². The largest absolute Gasteiger partial charge is 0.289 e. The second kappa shape index (κ2) is 5.62. The van der Waals surface area contributed by atoms with Crippen LogP contribution in [-0.4, -0.2) is 5.78 Å². The van der Waals surface area contributed by atoms with Crippen LogP contribution < -0.4 is 0 Å². The molecule has 0 aliphatic heterocycles. The molecule has 1 nitrogen and oxygen atoms in total. The number of ketones is 1. The molecule has 92 valence electrons. The molecule has 2 rings (SSSR count). The summed E-state index contributed by atoms with van der Waals surface area (Å²) in [5.41, 5.74) is 0.976. The van der Waals surface area contributed by atoms with E-state index < -0.39 is 0 Å². The van der Waals surface area contributed by atoms with Gasteiger partial charge in [0.1, 0.15) is 0 Å². The fraction of sp³-hybridized carbons (Fsp3) is 0. The van der Waals surface area contributed by atoms with Crippen LogP contribution in [0, 0.1) is 0 Å². The van der Waals surface area contributed by atoms with Crippen LogP contribution in [0.25, 0.3) is 0 Å². The first-order chi connectivity index (χ1) is 8.49. The Labute approximate surface area is 128 Å². The van der Waals surface area contributed by atoms with Gasteiger partial charge in [-0.15, -0.1) is 0 Å². The number of benzene rings is 2. The molecular formula is C13H6BrCl3O. The molecule has 0 aliphatic rings. The normalized spacial score (nSPS) is 10.4. The number of halogens is 4. The lowest BCUT2D eigenvalue weighted by molar-refractivity contribution is 0.103. The van der Waals surface area contributed by atoms with E-state index in [4.69, 9.17) is 34.8 Å². The molecule has 0 bridgehead atoms. The van der Waals surface area contributed by atoms with Gasteiger partial charge >= 0.3 is 0 Å². The first-order valence-corrected chi connectivity index (χ1v) is 6.86. The predicted molar refractivity (Wildman–Crippen MR) is 79.0 cm³/mol. The van der Waals surface area contributed by atoms with E-state index in [0.717, 1.165) is 4.47 Å². The summed E-state index contributed by atoms with van der Waals surface area (Å²) in [5.74, 6) is -0.150. The average molecular weight is 364 g/mol. The summed E-state index contributed by atoms with van der Waals surface area (Å²) in [6.07, 6.45) is 0. The topological polar surface area (TPSA) is 17.1 Å². The highest BCUT2D eigenvalue weighted by Crippen LogP contribution is 2.27. The molecule has 0 N–H and O–H groups in total. The molecule has 0 spiro atoms. The third-order valence-corrected chi connectivity index (χ3v) is 4.34. The highest BCUT2D eigenvalue weighted by atomic mass is 79.9. The molecular weight excluding hydrogens is 358 g/mol. The van der Waals surface area contributed by atoms with Gasteiger partial charge in [0, 0.05) is 15.6 Å². The maximum atomic E-state index is 12.2. The Morgan fingerprint density at radius 3 is 1.94 bits per heavy atom. The average Bonchev–Trinajstić information content (AvgIpc) is 2.35. The van der Waals surface area contributed by atoms with Gasteiger partial charge in [-0.05, 0) is 52.3 Å². The Morgan fingerprint density at radius 1 is 0.833 bits per heavy atom. The summed E-state index contributed by atoms with van der Waals surface area (Å²) in [4.78, 5) is 12.2. The molecule has 0 unspecified atom stereocenters. The zero-order valence-corrected chi connectivity index (χ0v) is 12.7. The van der Waals surface area contributed by atoms with Crippen molar-refractivity contribution in [3.8, 4) is 0 Å². The lowest BCUT2D eigenvalue weighted by Crippen LogP contribution is -2.01. The summed E-state index contributed by atoms with van der Waals surface area (Å²) in [7, 11) is 0. The monoisotopic (exact) mass is 362 g/mol. The van der Waals surface area contributed by atoms with E-state index in [1.165, 1.54) is 0 Å². The molecule has 18 heavy (non-hydrogen) atoms. The summed E-state index contributed by atoms with van der Waals surface area (Å²) in [6, 6.07) is 9.80. The maximum Gasteiger partial charge on any atom is 0.193 e. The van der Waals surface area contributed by atoms with Gasteiger partial charge in [0.25, 0.3) is 0 Å². The van der Waals surface area contributed by atoms with Crippen LogP contribution >= 0.6 is 50.7 Å². The van der Waals surface area contributed by atoms with Gasteiger partial charge in [0.2, 0.25) is 0 Å². The molecule has 2 aromatic rings. The Kier molecular flexibility index (Phi) is 4.33. The van der Waals surface area contributed by atoms with E-state index in [1.807, 2.05) is 0 Å². The molecule has 0 heterocycles. The lowest BCUT2D eigenvalue weighted by Gasteiger charge is -2.04. The first-order valence-electron chi connectivity index (χ1n) is 4.94. The minimum Gasteiger partial charge on any atom is -0.289 e. The first kappa shape index (κ1) is 13.9. The Balaban J connectivity index is 2.41. The number of hydrogen-bond donors (Lipinski definition) is 0.